The Morgan fingerprint density at radius 1 is 1.24 bits per heavy atom. The molecule has 0 aromatic heterocycles. The minimum absolute atomic E-state index is 0.0236. The van der Waals surface area contributed by atoms with Gasteiger partial charge in [-0.3, -0.25) is 9.59 Å². The van der Waals surface area contributed by atoms with Gasteiger partial charge in [0.05, 0.1) is 5.69 Å². The number of anilines is 2. The highest BCUT2D eigenvalue weighted by Crippen LogP contribution is 2.34. The van der Waals surface area contributed by atoms with E-state index in [-0.39, 0.29) is 25.0 Å². The monoisotopic (exact) mass is 340 g/mol. The van der Waals surface area contributed by atoms with Gasteiger partial charge in [-0.2, -0.15) is 0 Å². The summed E-state index contributed by atoms with van der Waals surface area (Å²) < 4.78 is 10.3. The van der Waals surface area contributed by atoms with Crippen LogP contribution in [-0.4, -0.2) is 38.7 Å². The van der Waals surface area contributed by atoms with Crippen LogP contribution in [-0.2, 0) is 20.7 Å². The molecule has 0 atom stereocenters. The van der Waals surface area contributed by atoms with Gasteiger partial charge in [-0.1, -0.05) is 30.3 Å². The highest BCUT2D eigenvalue weighted by molar-refractivity contribution is 5.99. The number of hydrogen-bond acceptors (Lipinski definition) is 4. The molecule has 0 aliphatic carbocycles. The summed E-state index contributed by atoms with van der Waals surface area (Å²) >= 11 is 0. The molecule has 6 nitrogen and oxygen atoms in total. The largest absolute Gasteiger partial charge is 0.482 e. The van der Waals surface area contributed by atoms with Gasteiger partial charge in [-0.25, -0.2) is 0 Å². The van der Waals surface area contributed by atoms with Crippen LogP contribution in [0, 0.1) is 0 Å². The van der Waals surface area contributed by atoms with Crippen LogP contribution in [0.4, 0.5) is 11.4 Å². The minimum atomic E-state index is -0.249. The average molecular weight is 340 g/mol. The van der Waals surface area contributed by atoms with Crippen LogP contribution in [0.15, 0.2) is 48.5 Å². The van der Waals surface area contributed by atoms with E-state index in [4.69, 9.17) is 9.47 Å². The molecule has 2 aromatic rings. The molecule has 1 heterocycles. The van der Waals surface area contributed by atoms with E-state index in [1.165, 1.54) is 7.11 Å². The molecule has 1 N–H and O–H groups in total. The first-order valence-corrected chi connectivity index (χ1v) is 8.07. The van der Waals surface area contributed by atoms with E-state index in [0.29, 0.717) is 23.7 Å². The highest BCUT2D eigenvalue weighted by Gasteiger charge is 2.25. The Bertz CT molecular complexity index is 761. The van der Waals surface area contributed by atoms with Gasteiger partial charge in [0.1, 0.15) is 12.4 Å². The average Bonchev–Trinajstić information content (AvgIpc) is 2.62. The Kier molecular flexibility index (Phi) is 5.30. The number of carbonyl (C=O) groups is 2. The standard InChI is InChI=1S/C19H20N2O4/c1-24-12-18(22)20-15-7-8-17-16(11-15)21(19(23)13-25-17)10-9-14-5-3-2-4-6-14/h2-8,11H,9-10,12-13H2,1H3,(H,20,22). The lowest BCUT2D eigenvalue weighted by Gasteiger charge is -2.30. The summed E-state index contributed by atoms with van der Waals surface area (Å²) in [4.78, 5) is 25.7. The summed E-state index contributed by atoms with van der Waals surface area (Å²) in [5.41, 5.74) is 2.43. The summed E-state index contributed by atoms with van der Waals surface area (Å²) in [5, 5.41) is 2.74. The molecule has 0 spiro atoms. The lowest BCUT2D eigenvalue weighted by atomic mass is 10.1. The highest BCUT2D eigenvalue weighted by atomic mass is 16.5. The van der Waals surface area contributed by atoms with Gasteiger partial charge in [0.15, 0.2) is 6.61 Å². The number of hydrogen-bond donors (Lipinski definition) is 1. The summed E-state index contributed by atoms with van der Waals surface area (Å²) in [6.45, 7) is 0.552. The molecule has 130 valence electrons. The lowest BCUT2D eigenvalue weighted by molar-refractivity contribution is -0.121. The summed E-state index contributed by atoms with van der Waals surface area (Å²) in [5.74, 6) is 0.294. The van der Waals surface area contributed by atoms with Crippen LogP contribution in [0.3, 0.4) is 0 Å². The zero-order chi connectivity index (χ0) is 17.6. The van der Waals surface area contributed by atoms with E-state index in [2.05, 4.69) is 5.32 Å². The molecule has 0 unspecified atom stereocenters. The van der Waals surface area contributed by atoms with Crippen LogP contribution in [0.25, 0.3) is 0 Å². The normalized spacial score (nSPS) is 13.2. The Labute approximate surface area is 146 Å². The lowest BCUT2D eigenvalue weighted by Crippen LogP contribution is -2.40. The van der Waals surface area contributed by atoms with E-state index < -0.39 is 0 Å². The van der Waals surface area contributed by atoms with Crippen molar-refractivity contribution in [3.63, 3.8) is 0 Å². The molecule has 25 heavy (non-hydrogen) atoms. The van der Waals surface area contributed by atoms with Crippen molar-refractivity contribution < 1.29 is 19.1 Å². The van der Waals surface area contributed by atoms with Crippen molar-refractivity contribution in [3.8, 4) is 5.75 Å². The maximum absolute atomic E-state index is 12.3. The third-order valence-corrected chi connectivity index (χ3v) is 3.93. The molecule has 0 fully saturated rings. The Hall–Kier alpha value is -2.86. The molecular weight excluding hydrogens is 320 g/mol. The number of amides is 2. The van der Waals surface area contributed by atoms with Crippen molar-refractivity contribution in [2.45, 2.75) is 6.42 Å². The van der Waals surface area contributed by atoms with Crippen LogP contribution in [0.1, 0.15) is 5.56 Å². The fourth-order valence-corrected chi connectivity index (χ4v) is 2.74. The van der Waals surface area contributed by atoms with Crippen LogP contribution in [0.5, 0.6) is 5.75 Å². The maximum atomic E-state index is 12.3. The molecule has 3 rings (SSSR count). The zero-order valence-corrected chi connectivity index (χ0v) is 14.0. The molecule has 2 amide bonds. The Morgan fingerprint density at radius 2 is 2.04 bits per heavy atom. The first-order chi connectivity index (χ1) is 12.2. The summed E-state index contributed by atoms with van der Waals surface area (Å²) in [7, 11) is 1.46. The number of rotatable bonds is 6. The zero-order valence-electron chi connectivity index (χ0n) is 14.0. The van der Waals surface area contributed by atoms with Gasteiger partial charge in [0.25, 0.3) is 5.91 Å². The van der Waals surface area contributed by atoms with Gasteiger partial charge >= 0.3 is 0 Å². The van der Waals surface area contributed by atoms with Crippen molar-refractivity contribution in [2.75, 3.05) is 37.1 Å². The molecule has 6 heteroatoms. The second-order valence-electron chi connectivity index (χ2n) is 5.73. The van der Waals surface area contributed by atoms with E-state index in [1.807, 2.05) is 30.3 Å². The third-order valence-electron chi connectivity index (χ3n) is 3.93. The molecule has 0 bridgehead atoms. The van der Waals surface area contributed by atoms with Crippen molar-refractivity contribution in [1.29, 1.82) is 0 Å². The number of methoxy groups -OCH3 is 1. The minimum Gasteiger partial charge on any atom is -0.482 e. The fourth-order valence-electron chi connectivity index (χ4n) is 2.74. The number of fused-ring (bicyclic) bond motifs is 1. The van der Waals surface area contributed by atoms with Crippen LogP contribution in [0.2, 0.25) is 0 Å². The SMILES string of the molecule is COCC(=O)Nc1ccc2c(c1)N(CCc1ccccc1)C(=O)CO2. The molecular formula is C19H20N2O4. The van der Waals surface area contributed by atoms with Crippen molar-refractivity contribution in [1.82, 2.24) is 0 Å². The quantitative estimate of drug-likeness (QED) is 0.876. The van der Waals surface area contributed by atoms with Gasteiger partial charge in [0, 0.05) is 19.3 Å². The third kappa shape index (κ3) is 4.16. The smallest absolute Gasteiger partial charge is 0.265 e. The second kappa shape index (κ2) is 7.81. The van der Waals surface area contributed by atoms with E-state index in [1.54, 1.807) is 23.1 Å². The van der Waals surface area contributed by atoms with E-state index in [0.717, 1.165) is 12.0 Å². The first kappa shape index (κ1) is 17.0. The van der Waals surface area contributed by atoms with Gasteiger partial charge in [0.2, 0.25) is 5.91 Å². The second-order valence-corrected chi connectivity index (χ2v) is 5.73. The van der Waals surface area contributed by atoms with Crippen molar-refractivity contribution in [3.05, 3.63) is 54.1 Å². The summed E-state index contributed by atoms with van der Waals surface area (Å²) in [6, 6.07) is 15.3. The maximum Gasteiger partial charge on any atom is 0.265 e. The number of nitrogens with one attached hydrogen (secondary N) is 1. The van der Waals surface area contributed by atoms with Crippen molar-refractivity contribution in [2.24, 2.45) is 0 Å². The van der Waals surface area contributed by atoms with Crippen molar-refractivity contribution >= 4 is 23.2 Å². The first-order valence-electron chi connectivity index (χ1n) is 8.07. The number of benzene rings is 2. The Balaban J connectivity index is 1.78. The van der Waals surface area contributed by atoms with E-state index in [9.17, 15) is 9.59 Å². The van der Waals surface area contributed by atoms with Gasteiger partial charge in [-0.15, -0.1) is 0 Å². The molecule has 0 saturated carbocycles. The van der Waals surface area contributed by atoms with Crippen LogP contribution < -0.4 is 15.0 Å². The number of nitrogens with zero attached hydrogens (tertiary/aromatic N) is 1. The van der Waals surface area contributed by atoms with E-state index >= 15 is 0 Å². The topological polar surface area (TPSA) is 67.9 Å². The molecule has 1 aliphatic rings. The molecule has 1 aliphatic heterocycles. The predicted molar refractivity (Wildman–Crippen MR) is 94.9 cm³/mol. The van der Waals surface area contributed by atoms with Gasteiger partial charge < -0.3 is 19.7 Å². The summed E-state index contributed by atoms with van der Waals surface area (Å²) in [6.07, 6.45) is 0.742. The van der Waals surface area contributed by atoms with Gasteiger partial charge in [-0.05, 0) is 30.2 Å². The fraction of sp³-hybridized carbons (Fsp3) is 0.263. The molecule has 0 radical (unpaired) electrons. The number of carbonyl (C=O) groups excluding carboxylic acids is 2. The Morgan fingerprint density at radius 3 is 2.80 bits per heavy atom. The number of ether oxygens (including phenoxy) is 2. The predicted octanol–water partition coefficient (Wildman–Crippen LogP) is 2.24. The van der Waals surface area contributed by atoms with Crippen LogP contribution >= 0.6 is 0 Å². The molecule has 0 saturated heterocycles. The molecule has 2 aromatic carbocycles.